The molecule has 0 aromatic heterocycles. The zero-order chi connectivity index (χ0) is 15.2. The van der Waals surface area contributed by atoms with Crippen LogP contribution in [0, 0.1) is 18.6 Å². The summed E-state index contributed by atoms with van der Waals surface area (Å²) < 4.78 is 27.2. The fourth-order valence-electron chi connectivity index (χ4n) is 2.34. The predicted octanol–water partition coefficient (Wildman–Crippen LogP) is 4.56. The molecule has 0 aliphatic rings. The van der Waals surface area contributed by atoms with Gasteiger partial charge >= 0.3 is 0 Å². The Balaban J connectivity index is 2.23. The average molecular weight is 289 g/mol. The molecule has 2 aromatic carbocycles. The number of aryl methyl sites for hydroxylation is 1. The minimum Gasteiger partial charge on any atom is -0.310 e. The van der Waals surface area contributed by atoms with E-state index in [1.54, 1.807) is 0 Å². The molecule has 1 N–H and O–H groups in total. The molecule has 0 saturated carbocycles. The lowest BCUT2D eigenvalue weighted by Crippen LogP contribution is -2.24. The van der Waals surface area contributed by atoms with Gasteiger partial charge in [0.15, 0.2) is 0 Å². The van der Waals surface area contributed by atoms with Crippen molar-refractivity contribution >= 4 is 0 Å². The Bertz CT molecular complexity index is 578. The average Bonchev–Trinajstić information content (AvgIpc) is 2.48. The molecule has 2 rings (SSSR count). The molecule has 0 bridgehead atoms. The van der Waals surface area contributed by atoms with Crippen LogP contribution in [0.4, 0.5) is 8.78 Å². The molecule has 0 saturated heterocycles. The molecule has 0 fully saturated rings. The Morgan fingerprint density at radius 2 is 1.76 bits per heavy atom. The second-order valence-corrected chi connectivity index (χ2v) is 5.36. The summed E-state index contributed by atoms with van der Waals surface area (Å²) in [5, 5.41) is 3.41. The SMILES string of the molecule is CCCNC(Cc1cc(F)ccc1F)c1ccc(C)cc1. The van der Waals surface area contributed by atoms with Crippen LogP contribution in [0.15, 0.2) is 42.5 Å². The second kappa shape index (κ2) is 7.32. The summed E-state index contributed by atoms with van der Waals surface area (Å²) in [5.41, 5.74) is 2.69. The Morgan fingerprint density at radius 1 is 1.05 bits per heavy atom. The third-order valence-corrected chi connectivity index (χ3v) is 3.55. The van der Waals surface area contributed by atoms with Crippen molar-refractivity contribution in [2.24, 2.45) is 0 Å². The van der Waals surface area contributed by atoms with Gasteiger partial charge < -0.3 is 5.32 Å². The Labute approximate surface area is 125 Å². The molecule has 1 nitrogen and oxygen atoms in total. The first-order chi connectivity index (χ1) is 10.1. The highest BCUT2D eigenvalue weighted by Gasteiger charge is 2.14. The summed E-state index contributed by atoms with van der Waals surface area (Å²) in [6.07, 6.45) is 1.43. The smallest absolute Gasteiger partial charge is 0.126 e. The van der Waals surface area contributed by atoms with Gasteiger partial charge in [0, 0.05) is 6.04 Å². The van der Waals surface area contributed by atoms with E-state index in [9.17, 15) is 8.78 Å². The van der Waals surface area contributed by atoms with Crippen LogP contribution in [0.25, 0.3) is 0 Å². The van der Waals surface area contributed by atoms with Crippen molar-refractivity contribution in [3.8, 4) is 0 Å². The van der Waals surface area contributed by atoms with E-state index in [-0.39, 0.29) is 11.9 Å². The van der Waals surface area contributed by atoms with E-state index >= 15 is 0 Å². The van der Waals surface area contributed by atoms with Crippen LogP contribution in [-0.4, -0.2) is 6.54 Å². The lowest BCUT2D eigenvalue weighted by Gasteiger charge is -2.20. The molecule has 1 unspecified atom stereocenters. The van der Waals surface area contributed by atoms with Crippen LogP contribution in [0.1, 0.15) is 36.1 Å². The summed E-state index contributed by atoms with van der Waals surface area (Å²) >= 11 is 0. The fourth-order valence-corrected chi connectivity index (χ4v) is 2.34. The lowest BCUT2D eigenvalue weighted by molar-refractivity contribution is 0.508. The third kappa shape index (κ3) is 4.36. The van der Waals surface area contributed by atoms with E-state index in [4.69, 9.17) is 0 Å². The van der Waals surface area contributed by atoms with Gasteiger partial charge in [-0.2, -0.15) is 0 Å². The van der Waals surface area contributed by atoms with Crippen LogP contribution in [0.5, 0.6) is 0 Å². The molecule has 0 aliphatic heterocycles. The minimum absolute atomic E-state index is 0.0122. The highest BCUT2D eigenvalue weighted by Crippen LogP contribution is 2.21. The van der Waals surface area contributed by atoms with E-state index < -0.39 is 5.82 Å². The van der Waals surface area contributed by atoms with E-state index in [0.717, 1.165) is 24.6 Å². The molecule has 0 heterocycles. The van der Waals surface area contributed by atoms with Gasteiger partial charge in [0.1, 0.15) is 11.6 Å². The third-order valence-electron chi connectivity index (χ3n) is 3.55. The summed E-state index contributed by atoms with van der Waals surface area (Å²) in [6.45, 7) is 4.96. The van der Waals surface area contributed by atoms with Gasteiger partial charge in [-0.1, -0.05) is 36.8 Å². The van der Waals surface area contributed by atoms with Crippen LogP contribution in [-0.2, 0) is 6.42 Å². The number of rotatable bonds is 6. The van der Waals surface area contributed by atoms with Gasteiger partial charge in [-0.3, -0.25) is 0 Å². The highest BCUT2D eigenvalue weighted by atomic mass is 19.1. The van der Waals surface area contributed by atoms with Crippen LogP contribution in [0.3, 0.4) is 0 Å². The predicted molar refractivity (Wildman–Crippen MR) is 82.3 cm³/mol. The van der Waals surface area contributed by atoms with Crippen molar-refractivity contribution in [3.05, 3.63) is 70.8 Å². The van der Waals surface area contributed by atoms with Crippen molar-refractivity contribution in [2.45, 2.75) is 32.7 Å². The molecule has 0 spiro atoms. The molecule has 2 aromatic rings. The first-order valence-electron chi connectivity index (χ1n) is 7.34. The lowest BCUT2D eigenvalue weighted by atomic mass is 9.97. The van der Waals surface area contributed by atoms with Crippen molar-refractivity contribution in [3.63, 3.8) is 0 Å². The van der Waals surface area contributed by atoms with E-state index in [2.05, 4.69) is 12.2 Å². The van der Waals surface area contributed by atoms with Crippen molar-refractivity contribution in [2.75, 3.05) is 6.54 Å². The van der Waals surface area contributed by atoms with Crippen molar-refractivity contribution < 1.29 is 8.78 Å². The number of hydrogen-bond donors (Lipinski definition) is 1. The highest BCUT2D eigenvalue weighted by molar-refractivity contribution is 5.27. The number of nitrogens with one attached hydrogen (secondary N) is 1. The van der Waals surface area contributed by atoms with Crippen molar-refractivity contribution in [1.82, 2.24) is 5.32 Å². The van der Waals surface area contributed by atoms with Crippen LogP contribution >= 0.6 is 0 Å². The Kier molecular flexibility index (Phi) is 5.45. The summed E-state index contributed by atoms with van der Waals surface area (Å²) in [6, 6.07) is 11.8. The van der Waals surface area contributed by atoms with Crippen LogP contribution < -0.4 is 5.32 Å². The summed E-state index contributed by atoms with van der Waals surface area (Å²) in [7, 11) is 0. The first kappa shape index (κ1) is 15.6. The zero-order valence-electron chi connectivity index (χ0n) is 12.5. The molecule has 0 radical (unpaired) electrons. The first-order valence-corrected chi connectivity index (χ1v) is 7.34. The molecule has 1 atom stereocenters. The Hall–Kier alpha value is -1.74. The summed E-state index contributed by atoms with van der Waals surface area (Å²) in [4.78, 5) is 0. The van der Waals surface area contributed by atoms with Gasteiger partial charge in [0.05, 0.1) is 0 Å². The van der Waals surface area contributed by atoms with Gasteiger partial charge in [-0.25, -0.2) is 8.78 Å². The van der Waals surface area contributed by atoms with E-state index in [1.807, 2.05) is 31.2 Å². The van der Waals surface area contributed by atoms with Gasteiger partial charge in [0.2, 0.25) is 0 Å². The maximum Gasteiger partial charge on any atom is 0.126 e. The number of benzene rings is 2. The fraction of sp³-hybridized carbons (Fsp3) is 0.333. The second-order valence-electron chi connectivity index (χ2n) is 5.36. The van der Waals surface area contributed by atoms with Gasteiger partial charge in [-0.05, 0) is 55.6 Å². The molecule has 0 amide bonds. The van der Waals surface area contributed by atoms with Crippen LogP contribution in [0.2, 0.25) is 0 Å². The van der Waals surface area contributed by atoms with Gasteiger partial charge in [-0.15, -0.1) is 0 Å². The van der Waals surface area contributed by atoms with Crippen molar-refractivity contribution in [1.29, 1.82) is 0 Å². The number of hydrogen-bond acceptors (Lipinski definition) is 1. The Morgan fingerprint density at radius 3 is 2.43 bits per heavy atom. The quantitative estimate of drug-likeness (QED) is 0.822. The summed E-state index contributed by atoms with van der Waals surface area (Å²) in [5.74, 6) is -0.753. The maximum absolute atomic E-state index is 13.8. The largest absolute Gasteiger partial charge is 0.310 e. The minimum atomic E-state index is -0.399. The maximum atomic E-state index is 13.8. The number of halogens is 2. The molecular formula is C18H21F2N. The normalized spacial score (nSPS) is 12.4. The zero-order valence-corrected chi connectivity index (χ0v) is 12.5. The van der Waals surface area contributed by atoms with E-state index in [1.165, 1.54) is 17.7 Å². The topological polar surface area (TPSA) is 12.0 Å². The molecule has 21 heavy (non-hydrogen) atoms. The monoisotopic (exact) mass is 289 g/mol. The standard InChI is InChI=1S/C18H21F2N/c1-3-10-21-18(14-6-4-13(2)5-7-14)12-15-11-16(19)8-9-17(15)20/h4-9,11,18,21H,3,10,12H2,1-2H3. The van der Waals surface area contributed by atoms with Gasteiger partial charge in [0.25, 0.3) is 0 Å². The molecule has 112 valence electrons. The van der Waals surface area contributed by atoms with E-state index in [0.29, 0.717) is 12.0 Å². The molecule has 3 heteroatoms. The molecule has 0 aliphatic carbocycles. The molecular weight excluding hydrogens is 268 g/mol.